The monoisotopic (exact) mass is 344 g/mol. The van der Waals surface area contributed by atoms with Crippen LogP contribution in [0, 0.1) is 0 Å². The molecule has 0 saturated heterocycles. The van der Waals surface area contributed by atoms with Gasteiger partial charge in [-0.15, -0.1) is 11.8 Å². The van der Waals surface area contributed by atoms with Crippen LogP contribution in [0.5, 0.6) is 11.5 Å². The van der Waals surface area contributed by atoms with Gasteiger partial charge in [0.05, 0.1) is 18.6 Å². The highest BCUT2D eigenvalue weighted by molar-refractivity contribution is 7.99. The smallest absolute Gasteiger partial charge is 0.252 e. The normalized spacial score (nSPS) is 12.1. The fourth-order valence-corrected chi connectivity index (χ4v) is 2.77. The molecule has 0 heterocycles. The Hall–Kier alpha value is -2.47. The lowest BCUT2D eigenvalue weighted by molar-refractivity contribution is -0.120. The van der Waals surface area contributed by atoms with Crippen LogP contribution in [-0.2, 0) is 10.5 Å². The fourth-order valence-electron chi connectivity index (χ4n) is 1.94. The maximum absolute atomic E-state index is 12.0. The van der Waals surface area contributed by atoms with E-state index in [4.69, 9.17) is 4.74 Å². The summed E-state index contributed by atoms with van der Waals surface area (Å²) in [6, 6.07) is 15.0. The van der Waals surface area contributed by atoms with E-state index >= 15 is 0 Å². The van der Waals surface area contributed by atoms with Crippen molar-refractivity contribution in [2.75, 3.05) is 7.11 Å². The van der Waals surface area contributed by atoms with Gasteiger partial charge in [-0.05, 0) is 24.6 Å². The Kier molecular flexibility index (Phi) is 6.69. The molecule has 2 aromatic carbocycles. The molecule has 1 amide bonds. The van der Waals surface area contributed by atoms with Crippen molar-refractivity contribution in [1.82, 2.24) is 5.43 Å². The largest absolute Gasteiger partial charge is 0.504 e. The van der Waals surface area contributed by atoms with Crippen molar-refractivity contribution >= 4 is 23.9 Å². The first-order chi connectivity index (χ1) is 11.6. The third kappa shape index (κ3) is 5.03. The second kappa shape index (κ2) is 8.98. The number of phenols is 1. The first kappa shape index (κ1) is 17.9. The minimum Gasteiger partial charge on any atom is -0.504 e. The number of amides is 1. The highest BCUT2D eigenvalue weighted by atomic mass is 32.2. The zero-order valence-corrected chi connectivity index (χ0v) is 14.4. The molecule has 0 aliphatic heterocycles. The highest BCUT2D eigenvalue weighted by Gasteiger charge is 2.12. The summed E-state index contributed by atoms with van der Waals surface area (Å²) < 4.78 is 5.02. The van der Waals surface area contributed by atoms with Crippen molar-refractivity contribution in [3.63, 3.8) is 0 Å². The number of para-hydroxylation sites is 1. The summed E-state index contributed by atoms with van der Waals surface area (Å²) in [5.74, 6) is 0.923. The summed E-state index contributed by atoms with van der Waals surface area (Å²) >= 11 is 1.54. The summed E-state index contributed by atoms with van der Waals surface area (Å²) in [6.45, 7) is 1.83. The number of phenolic OH excluding ortho intramolecular Hbond substituents is 1. The van der Waals surface area contributed by atoms with Crippen LogP contribution in [0.1, 0.15) is 18.1 Å². The molecule has 0 aliphatic rings. The van der Waals surface area contributed by atoms with Crippen LogP contribution in [0.15, 0.2) is 53.6 Å². The van der Waals surface area contributed by atoms with Gasteiger partial charge >= 0.3 is 0 Å². The minimum absolute atomic E-state index is 0.00972. The third-order valence-corrected chi connectivity index (χ3v) is 4.55. The number of benzene rings is 2. The van der Waals surface area contributed by atoms with Gasteiger partial charge < -0.3 is 9.84 Å². The molecule has 0 radical (unpaired) electrons. The summed E-state index contributed by atoms with van der Waals surface area (Å²) in [6.07, 6.45) is 1.39. The fraction of sp³-hybridized carbons (Fsp3) is 0.222. The van der Waals surface area contributed by atoms with Gasteiger partial charge in [-0.25, -0.2) is 5.43 Å². The van der Waals surface area contributed by atoms with Crippen LogP contribution in [0.2, 0.25) is 0 Å². The number of carbonyl (C=O) groups excluding carboxylic acids is 1. The number of ether oxygens (including phenoxy) is 1. The van der Waals surface area contributed by atoms with Crippen molar-refractivity contribution in [3.05, 3.63) is 59.7 Å². The average molecular weight is 344 g/mol. The van der Waals surface area contributed by atoms with Crippen LogP contribution in [0.25, 0.3) is 0 Å². The second-order valence-corrected chi connectivity index (χ2v) is 6.40. The number of nitrogens with zero attached hydrogens (tertiary/aromatic N) is 1. The van der Waals surface area contributed by atoms with Gasteiger partial charge in [-0.1, -0.05) is 36.4 Å². The Morgan fingerprint density at radius 3 is 2.75 bits per heavy atom. The van der Waals surface area contributed by atoms with Crippen molar-refractivity contribution in [2.24, 2.45) is 5.10 Å². The Bertz CT molecular complexity index is 705. The quantitative estimate of drug-likeness (QED) is 0.598. The van der Waals surface area contributed by atoms with Gasteiger partial charge in [-0.3, -0.25) is 4.79 Å². The first-order valence-corrected chi connectivity index (χ1v) is 8.51. The van der Waals surface area contributed by atoms with Crippen molar-refractivity contribution < 1.29 is 14.6 Å². The van der Waals surface area contributed by atoms with E-state index in [1.807, 2.05) is 37.3 Å². The number of hydrogen-bond acceptors (Lipinski definition) is 5. The van der Waals surface area contributed by atoms with Crippen LogP contribution < -0.4 is 10.2 Å². The third-order valence-electron chi connectivity index (χ3n) is 3.34. The van der Waals surface area contributed by atoms with Gasteiger partial charge in [0.25, 0.3) is 5.91 Å². The molecule has 0 saturated carbocycles. The predicted octanol–water partition coefficient (Wildman–Crippen LogP) is 3.17. The van der Waals surface area contributed by atoms with Gasteiger partial charge in [0.1, 0.15) is 0 Å². The molecule has 0 aliphatic carbocycles. The van der Waals surface area contributed by atoms with Crippen LogP contribution in [0.4, 0.5) is 0 Å². The molecule has 2 aromatic rings. The number of aromatic hydroxyl groups is 1. The number of nitrogens with one attached hydrogen (secondary N) is 1. The van der Waals surface area contributed by atoms with E-state index in [2.05, 4.69) is 10.5 Å². The van der Waals surface area contributed by atoms with Crippen LogP contribution in [-0.4, -0.2) is 29.6 Å². The SMILES string of the molecule is COc1cccc(/C=N\NC(=O)[C@H](C)SCc2ccccc2)c1O. The molecule has 0 aromatic heterocycles. The summed E-state index contributed by atoms with van der Waals surface area (Å²) in [7, 11) is 1.48. The molecule has 24 heavy (non-hydrogen) atoms. The topological polar surface area (TPSA) is 70.9 Å². The Morgan fingerprint density at radius 1 is 1.29 bits per heavy atom. The highest BCUT2D eigenvalue weighted by Crippen LogP contribution is 2.27. The standard InChI is InChI=1S/C18H20N2O3S/c1-13(24-12-14-7-4-3-5-8-14)18(22)20-19-11-15-9-6-10-16(23-2)17(15)21/h3-11,13,21H,12H2,1-2H3,(H,20,22)/b19-11-/t13-/m0/s1. The molecule has 0 bridgehead atoms. The maximum atomic E-state index is 12.0. The van der Waals surface area contributed by atoms with Crippen molar-refractivity contribution in [2.45, 2.75) is 17.9 Å². The number of rotatable bonds is 7. The lowest BCUT2D eigenvalue weighted by atomic mass is 10.2. The Morgan fingerprint density at radius 2 is 2.04 bits per heavy atom. The molecule has 2 rings (SSSR count). The second-order valence-electron chi connectivity index (χ2n) is 5.07. The van der Waals surface area contributed by atoms with Crippen LogP contribution >= 0.6 is 11.8 Å². The van der Waals surface area contributed by atoms with Crippen molar-refractivity contribution in [3.8, 4) is 11.5 Å². The Balaban J connectivity index is 1.86. The van der Waals surface area contributed by atoms with E-state index in [0.717, 1.165) is 5.75 Å². The molecule has 0 spiro atoms. The molecule has 5 nitrogen and oxygen atoms in total. The maximum Gasteiger partial charge on any atom is 0.252 e. The van der Waals surface area contributed by atoms with Gasteiger partial charge in [0, 0.05) is 11.3 Å². The van der Waals surface area contributed by atoms with E-state index in [1.165, 1.54) is 30.6 Å². The zero-order valence-electron chi connectivity index (χ0n) is 13.6. The lowest BCUT2D eigenvalue weighted by Gasteiger charge is -2.09. The lowest BCUT2D eigenvalue weighted by Crippen LogP contribution is -2.27. The van der Waals surface area contributed by atoms with E-state index in [-0.39, 0.29) is 16.9 Å². The Labute approximate surface area is 145 Å². The number of carbonyl (C=O) groups is 1. The van der Waals surface area contributed by atoms with E-state index in [9.17, 15) is 9.90 Å². The number of hydrogen-bond donors (Lipinski definition) is 2. The van der Waals surface area contributed by atoms with Gasteiger partial charge in [0.15, 0.2) is 11.5 Å². The molecule has 6 heteroatoms. The van der Waals surface area contributed by atoms with Gasteiger partial charge in [0.2, 0.25) is 0 Å². The molecule has 0 fully saturated rings. The number of methoxy groups -OCH3 is 1. The first-order valence-electron chi connectivity index (χ1n) is 7.46. The molecular weight excluding hydrogens is 324 g/mol. The van der Waals surface area contributed by atoms with Crippen molar-refractivity contribution in [1.29, 1.82) is 0 Å². The molecule has 1 atom stereocenters. The summed E-state index contributed by atoms with van der Waals surface area (Å²) in [5, 5.41) is 13.6. The van der Waals surface area contributed by atoms with E-state index < -0.39 is 0 Å². The predicted molar refractivity (Wildman–Crippen MR) is 97.6 cm³/mol. The summed E-state index contributed by atoms with van der Waals surface area (Å²) in [4.78, 5) is 12.0. The van der Waals surface area contributed by atoms with E-state index in [1.54, 1.807) is 18.2 Å². The molecule has 2 N–H and O–H groups in total. The number of hydrazone groups is 1. The summed E-state index contributed by atoms with van der Waals surface area (Å²) in [5.41, 5.74) is 4.13. The average Bonchev–Trinajstić information content (AvgIpc) is 2.61. The number of thioether (sulfide) groups is 1. The molecule has 0 unspecified atom stereocenters. The zero-order chi connectivity index (χ0) is 17.4. The molecular formula is C18H20N2O3S. The van der Waals surface area contributed by atoms with Gasteiger partial charge in [-0.2, -0.15) is 5.10 Å². The molecule has 126 valence electrons. The minimum atomic E-state index is -0.235. The van der Waals surface area contributed by atoms with Crippen LogP contribution in [0.3, 0.4) is 0 Å². The van der Waals surface area contributed by atoms with E-state index in [0.29, 0.717) is 11.3 Å².